The fourth-order valence-electron chi connectivity index (χ4n) is 5.57. The Morgan fingerprint density at radius 3 is 2.53 bits per heavy atom. The van der Waals surface area contributed by atoms with Crippen LogP contribution in [0.3, 0.4) is 0 Å². The lowest BCUT2D eigenvalue weighted by molar-refractivity contribution is -0.140. The van der Waals surface area contributed by atoms with Gasteiger partial charge < -0.3 is 14.5 Å². The van der Waals surface area contributed by atoms with E-state index in [2.05, 4.69) is 6.58 Å². The molecule has 0 bridgehead atoms. The van der Waals surface area contributed by atoms with Crippen LogP contribution in [0.2, 0.25) is 0 Å². The number of amides is 2. The molecule has 4 rings (SSSR count). The molecule has 2 aliphatic rings. The smallest absolute Gasteiger partial charge is 0.264 e. The molecule has 2 atom stereocenters. The van der Waals surface area contributed by atoms with Crippen LogP contribution in [0.1, 0.15) is 75.1 Å². The maximum absolute atomic E-state index is 13.7. The van der Waals surface area contributed by atoms with Crippen LogP contribution in [0.4, 0.5) is 4.39 Å². The van der Waals surface area contributed by atoms with Crippen LogP contribution in [0.15, 0.2) is 55.1 Å². The topological polar surface area (TPSA) is 49.9 Å². The molecule has 0 aromatic heterocycles. The molecule has 0 saturated heterocycles. The predicted octanol–water partition coefficient (Wildman–Crippen LogP) is 5.82. The third-order valence-electron chi connectivity index (χ3n) is 7.45. The number of carbonyl (C=O) groups excluding carboxylic acids is 2. The summed E-state index contributed by atoms with van der Waals surface area (Å²) >= 11 is 0. The number of hydrogen-bond acceptors (Lipinski definition) is 3. The molecule has 0 N–H and O–H groups in total. The number of hydrogen-bond donors (Lipinski definition) is 0. The summed E-state index contributed by atoms with van der Waals surface area (Å²) in [5.41, 5.74) is 2.96. The molecule has 192 valence electrons. The van der Waals surface area contributed by atoms with Crippen LogP contribution in [0, 0.1) is 5.82 Å². The number of carbonyl (C=O) groups is 2. The molecule has 1 aliphatic heterocycles. The number of rotatable bonds is 9. The Kier molecular flexibility index (Phi) is 8.44. The maximum Gasteiger partial charge on any atom is 0.264 e. The van der Waals surface area contributed by atoms with Gasteiger partial charge in [-0.05, 0) is 66.6 Å². The second-order valence-electron chi connectivity index (χ2n) is 9.74. The molecule has 5 nitrogen and oxygen atoms in total. The van der Waals surface area contributed by atoms with Gasteiger partial charge in [0.15, 0.2) is 6.10 Å². The van der Waals surface area contributed by atoms with Crippen molar-refractivity contribution in [2.24, 2.45) is 0 Å². The van der Waals surface area contributed by atoms with Crippen molar-refractivity contribution in [3.05, 3.63) is 77.6 Å². The van der Waals surface area contributed by atoms with E-state index in [1.807, 2.05) is 41.8 Å². The predicted molar refractivity (Wildman–Crippen MR) is 139 cm³/mol. The molecule has 1 heterocycles. The standard InChI is InChI=1S/C30H37FN2O3/c1-4-18-32(24-9-7-8-10-24)30(35)27(5-2)36-25-16-13-21-17-19-33(28(34)6-3)29(26(21)20-25)22-11-14-23(31)15-12-22/h4,11-16,20,24,27,29H,1,5-10,17-19H2,2-3H3/t27-,29+/m1/s1. The fourth-order valence-corrected chi connectivity index (χ4v) is 5.57. The van der Waals surface area contributed by atoms with Gasteiger partial charge in [0, 0.05) is 25.6 Å². The van der Waals surface area contributed by atoms with Gasteiger partial charge >= 0.3 is 0 Å². The van der Waals surface area contributed by atoms with Crippen molar-refractivity contribution in [1.29, 1.82) is 0 Å². The summed E-state index contributed by atoms with van der Waals surface area (Å²) < 4.78 is 20.0. The molecule has 6 heteroatoms. The number of nitrogens with zero attached hydrogens (tertiary/aromatic N) is 2. The number of ether oxygens (including phenoxy) is 1. The average molecular weight is 493 g/mol. The van der Waals surface area contributed by atoms with Gasteiger partial charge in [-0.2, -0.15) is 0 Å². The van der Waals surface area contributed by atoms with Crippen LogP contribution in [0.25, 0.3) is 0 Å². The molecule has 2 aromatic rings. The van der Waals surface area contributed by atoms with E-state index < -0.39 is 6.10 Å². The van der Waals surface area contributed by atoms with Crippen molar-refractivity contribution in [3.8, 4) is 5.75 Å². The van der Waals surface area contributed by atoms with Crippen LogP contribution in [-0.4, -0.2) is 46.8 Å². The summed E-state index contributed by atoms with van der Waals surface area (Å²) in [6, 6.07) is 12.2. The highest BCUT2D eigenvalue weighted by atomic mass is 19.1. The third-order valence-corrected chi connectivity index (χ3v) is 7.45. The van der Waals surface area contributed by atoms with Gasteiger partial charge in [0.05, 0.1) is 6.04 Å². The first-order valence-electron chi connectivity index (χ1n) is 13.2. The van der Waals surface area contributed by atoms with Gasteiger partial charge in [0.1, 0.15) is 11.6 Å². The van der Waals surface area contributed by atoms with Crippen molar-refractivity contribution >= 4 is 11.8 Å². The first-order chi connectivity index (χ1) is 17.5. The number of benzene rings is 2. The molecule has 0 unspecified atom stereocenters. The Labute approximate surface area is 213 Å². The minimum Gasteiger partial charge on any atom is -0.481 e. The minimum absolute atomic E-state index is 0.0000995. The Morgan fingerprint density at radius 2 is 1.89 bits per heavy atom. The highest BCUT2D eigenvalue weighted by Crippen LogP contribution is 2.38. The van der Waals surface area contributed by atoms with Crippen molar-refractivity contribution in [1.82, 2.24) is 9.80 Å². The quantitative estimate of drug-likeness (QED) is 0.414. The van der Waals surface area contributed by atoms with Crippen molar-refractivity contribution in [2.75, 3.05) is 13.1 Å². The zero-order valence-electron chi connectivity index (χ0n) is 21.4. The maximum atomic E-state index is 13.7. The van der Waals surface area contributed by atoms with Crippen LogP contribution < -0.4 is 4.74 Å². The highest BCUT2D eigenvalue weighted by molar-refractivity contribution is 5.82. The molecule has 36 heavy (non-hydrogen) atoms. The largest absolute Gasteiger partial charge is 0.481 e. The fraction of sp³-hybridized carbons (Fsp3) is 0.467. The van der Waals surface area contributed by atoms with Gasteiger partial charge in [-0.15, -0.1) is 6.58 Å². The van der Waals surface area contributed by atoms with Crippen molar-refractivity contribution < 1.29 is 18.7 Å². The molecule has 0 radical (unpaired) electrons. The summed E-state index contributed by atoms with van der Waals surface area (Å²) in [6.45, 7) is 8.80. The number of fused-ring (bicyclic) bond motifs is 1. The van der Waals surface area contributed by atoms with E-state index in [9.17, 15) is 14.0 Å². The average Bonchev–Trinajstić information content (AvgIpc) is 3.44. The monoisotopic (exact) mass is 492 g/mol. The highest BCUT2D eigenvalue weighted by Gasteiger charge is 2.34. The lowest BCUT2D eigenvalue weighted by atomic mass is 9.87. The van der Waals surface area contributed by atoms with Gasteiger partial charge in [-0.25, -0.2) is 4.39 Å². The summed E-state index contributed by atoms with van der Waals surface area (Å²) in [5, 5.41) is 0. The Balaban J connectivity index is 1.64. The third kappa shape index (κ3) is 5.48. The van der Waals surface area contributed by atoms with Gasteiger partial charge in [-0.1, -0.05) is 51.0 Å². The Bertz CT molecular complexity index is 1080. The summed E-state index contributed by atoms with van der Waals surface area (Å²) in [4.78, 5) is 30.2. The van der Waals surface area contributed by atoms with Crippen LogP contribution >= 0.6 is 0 Å². The molecule has 1 fully saturated rings. The SMILES string of the molecule is C=CCN(C(=O)[C@@H](CC)Oc1ccc2c(c1)[C@H](c1ccc(F)cc1)N(C(=O)CC)CC2)C1CCCC1. The molecule has 2 amide bonds. The molecular weight excluding hydrogens is 455 g/mol. The normalized spacial score (nSPS) is 18.4. The molecule has 1 aliphatic carbocycles. The second kappa shape index (κ2) is 11.7. The van der Waals surface area contributed by atoms with E-state index in [1.54, 1.807) is 18.2 Å². The zero-order valence-corrected chi connectivity index (χ0v) is 21.4. The first-order valence-corrected chi connectivity index (χ1v) is 13.2. The van der Waals surface area contributed by atoms with E-state index in [0.29, 0.717) is 31.7 Å². The van der Waals surface area contributed by atoms with E-state index in [0.717, 1.165) is 48.8 Å². The minimum atomic E-state index is -0.593. The number of halogens is 1. The Hall–Kier alpha value is -3.15. The van der Waals surface area contributed by atoms with E-state index >= 15 is 0 Å². The van der Waals surface area contributed by atoms with Crippen LogP contribution in [-0.2, 0) is 16.0 Å². The summed E-state index contributed by atoms with van der Waals surface area (Å²) in [5.74, 6) is 0.354. The molecular formula is C30H37FN2O3. The Morgan fingerprint density at radius 1 is 1.17 bits per heavy atom. The molecule has 1 saturated carbocycles. The van der Waals surface area contributed by atoms with Gasteiger partial charge in [-0.3, -0.25) is 9.59 Å². The second-order valence-corrected chi connectivity index (χ2v) is 9.74. The van der Waals surface area contributed by atoms with Gasteiger partial charge in [0.2, 0.25) is 5.91 Å². The lowest BCUT2D eigenvalue weighted by Gasteiger charge is -2.38. The lowest BCUT2D eigenvalue weighted by Crippen LogP contribution is -2.46. The van der Waals surface area contributed by atoms with E-state index in [-0.39, 0.29) is 29.7 Å². The summed E-state index contributed by atoms with van der Waals surface area (Å²) in [6.07, 6.45) is 7.22. The van der Waals surface area contributed by atoms with Crippen molar-refractivity contribution in [2.45, 2.75) is 77.0 Å². The summed E-state index contributed by atoms with van der Waals surface area (Å²) in [7, 11) is 0. The first kappa shape index (κ1) is 25.9. The van der Waals surface area contributed by atoms with E-state index in [4.69, 9.17) is 4.74 Å². The molecule has 2 aromatic carbocycles. The van der Waals surface area contributed by atoms with E-state index in [1.165, 1.54) is 12.1 Å². The van der Waals surface area contributed by atoms with Crippen molar-refractivity contribution in [3.63, 3.8) is 0 Å². The molecule has 0 spiro atoms. The zero-order chi connectivity index (χ0) is 25.7. The van der Waals surface area contributed by atoms with Gasteiger partial charge in [0.25, 0.3) is 5.91 Å². The van der Waals surface area contributed by atoms with Crippen LogP contribution in [0.5, 0.6) is 5.75 Å².